The number of aryl methyl sites for hydroxylation is 1. The highest BCUT2D eigenvalue weighted by atomic mass is 32.2. The Balaban J connectivity index is 1.63. The van der Waals surface area contributed by atoms with Gasteiger partial charge in [-0.3, -0.25) is 19.4 Å². The van der Waals surface area contributed by atoms with E-state index in [4.69, 9.17) is 4.74 Å². The molecule has 12 heteroatoms. The van der Waals surface area contributed by atoms with Gasteiger partial charge in [-0.15, -0.1) is 0 Å². The Morgan fingerprint density at radius 1 is 1.26 bits per heavy atom. The third-order valence-electron chi connectivity index (χ3n) is 6.57. The number of rotatable bonds is 9. The van der Waals surface area contributed by atoms with Gasteiger partial charge in [0, 0.05) is 56.9 Å². The van der Waals surface area contributed by atoms with Crippen molar-refractivity contribution in [2.45, 2.75) is 37.6 Å². The van der Waals surface area contributed by atoms with Crippen molar-refractivity contribution >= 4 is 21.6 Å². The second kappa shape index (κ2) is 11.5. The van der Waals surface area contributed by atoms with Gasteiger partial charge in [-0.05, 0) is 49.9 Å². The molecule has 1 amide bonds. The number of imidazole rings is 1. The molecule has 4 rings (SSSR count). The Morgan fingerprint density at radius 2 is 2.00 bits per heavy atom. The summed E-state index contributed by atoms with van der Waals surface area (Å²) in [6, 6.07) is 8.15. The number of fused-ring (bicyclic) bond motifs is 1. The molecular formula is C26H34N6O5S. The largest absolute Gasteiger partial charge is 0.488 e. The number of nitrogens with zero attached hydrogens (tertiary/aromatic N) is 5. The average Bonchev–Trinajstić information content (AvgIpc) is 3.34. The summed E-state index contributed by atoms with van der Waals surface area (Å²) in [4.78, 5) is 25.4. The highest BCUT2D eigenvalue weighted by Crippen LogP contribution is 2.31. The van der Waals surface area contributed by atoms with E-state index < -0.39 is 16.1 Å². The summed E-state index contributed by atoms with van der Waals surface area (Å²) in [6.45, 7) is 5.27. The Bertz CT molecular complexity index is 1360. The quantitative estimate of drug-likeness (QED) is 0.420. The number of ether oxygens (including phenoxy) is 1. The summed E-state index contributed by atoms with van der Waals surface area (Å²) in [7, 11) is -0.270. The number of amides is 1. The molecule has 0 fully saturated rings. The maximum absolute atomic E-state index is 13.6. The van der Waals surface area contributed by atoms with Crippen LogP contribution in [0.25, 0.3) is 0 Å². The van der Waals surface area contributed by atoms with Gasteiger partial charge < -0.3 is 19.3 Å². The fraction of sp³-hybridized carbons (Fsp3) is 0.423. The minimum absolute atomic E-state index is 0.0386. The standard InChI is InChI=1S/C26H34N6O5S/c1-18-12-32(19(2)16-33)26(34)22-11-21(29-38(35,36)25-15-31(4)17-28-25)5-6-23(22)37-24(18)14-30(3)13-20-7-9-27-10-8-20/h5-11,15,17-19,24,29,33H,12-14,16H2,1-4H3/t18-,19-,24+/m1/s1. The fourth-order valence-corrected chi connectivity index (χ4v) is 5.44. The summed E-state index contributed by atoms with van der Waals surface area (Å²) in [5.74, 6) is -0.0148. The molecule has 0 bridgehead atoms. The first kappa shape index (κ1) is 27.6. The number of aromatic nitrogens is 3. The number of hydrogen-bond acceptors (Lipinski definition) is 8. The van der Waals surface area contributed by atoms with Crippen LogP contribution in [-0.2, 0) is 23.6 Å². The molecule has 3 aromatic rings. The van der Waals surface area contributed by atoms with E-state index in [9.17, 15) is 18.3 Å². The van der Waals surface area contributed by atoms with Crippen LogP contribution in [-0.4, -0.2) is 82.7 Å². The molecule has 2 aromatic heterocycles. The van der Waals surface area contributed by atoms with E-state index in [0.29, 0.717) is 25.4 Å². The van der Waals surface area contributed by atoms with Gasteiger partial charge in [0.05, 0.1) is 24.5 Å². The number of aliphatic hydroxyl groups is 1. The van der Waals surface area contributed by atoms with Crippen molar-refractivity contribution in [3.8, 4) is 5.75 Å². The van der Waals surface area contributed by atoms with Crippen molar-refractivity contribution in [3.63, 3.8) is 0 Å². The second-order valence-corrected chi connectivity index (χ2v) is 11.5. The van der Waals surface area contributed by atoms with E-state index in [0.717, 1.165) is 5.56 Å². The van der Waals surface area contributed by atoms with Crippen LogP contribution in [0, 0.1) is 5.92 Å². The van der Waals surface area contributed by atoms with Crippen LogP contribution in [0.3, 0.4) is 0 Å². The molecule has 11 nitrogen and oxygen atoms in total. The molecule has 3 heterocycles. The monoisotopic (exact) mass is 542 g/mol. The molecule has 204 valence electrons. The molecule has 3 atom stereocenters. The minimum Gasteiger partial charge on any atom is -0.488 e. The smallest absolute Gasteiger partial charge is 0.280 e. The number of hydrogen-bond donors (Lipinski definition) is 2. The van der Waals surface area contributed by atoms with E-state index in [2.05, 4.69) is 19.6 Å². The van der Waals surface area contributed by atoms with Crippen LogP contribution >= 0.6 is 0 Å². The minimum atomic E-state index is -3.95. The van der Waals surface area contributed by atoms with Gasteiger partial charge in [-0.2, -0.15) is 8.42 Å². The van der Waals surface area contributed by atoms with E-state index >= 15 is 0 Å². The lowest BCUT2D eigenvalue weighted by atomic mass is 9.99. The first-order valence-corrected chi connectivity index (χ1v) is 13.9. The van der Waals surface area contributed by atoms with Crippen molar-refractivity contribution in [2.75, 3.05) is 31.5 Å². The van der Waals surface area contributed by atoms with E-state index in [1.807, 2.05) is 26.1 Å². The number of anilines is 1. The first-order chi connectivity index (χ1) is 18.1. The van der Waals surface area contributed by atoms with Crippen LogP contribution in [0.2, 0.25) is 0 Å². The number of carbonyl (C=O) groups excluding carboxylic acids is 1. The normalized spacial score (nSPS) is 18.9. The number of pyridine rings is 1. The Labute approximate surface area is 223 Å². The topological polar surface area (TPSA) is 130 Å². The van der Waals surface area contributed by atoms with Crippen LogP contribution < -0.4 is 9.46 Å². The molecule has 1 aromatic carbocycles. The zero-order valence-corrected chi connectivity index (χ0v) is 22.8. The van der Waals surface area contributed by atoms with Crippen LogP contribution in [0.15, 0.2) is 60.3 Å². The zero-order valence-electron chi connectivity index (χ0n) is 22.0. The average molecular weight is 543 g/mol. The molecular weight excluding hydrogens is 508 g/mol. The lowest BCUT2D eigenvalue weighted by Gasteiger charge is -2.38. The number of aliphatic hydroxyl groups excluding tert-OH is 1. The molecule has 0 aliphatic carbocycles. The summed E-state index contributed by atoms with van der Waals surface area (Å²) < 4.78 is 36.1. The van der Waals surface area contributed by atoms with E-state index in [1.54, 1.807) is 43.4 Å². The summed E-state index contributed by atoms with van der Waals surface area (Å²) >= 11 is 0. The van der Waals surface area contributed by atoms with Gasteiger partial charge in [0.15, 0.2) is 5.03 Å². The van der Waals surface area contributed by atoms with Gasteiger partial charge in [0.2, 0.25) is 0 Å². The van der Waals surface area contributed by atoms with Crippen LogP contribution in [0.4, 0.5) is 5.69 Å². The van der Waals surface area contributed by atoms with Gasteiger partial charge in [-0.1, -0.05) is 6.92 Å². The molecule has 1 aliphatic heterocycles. The highest BCUT2D eigenvalue weighted by molar-refractivity contribution is 7.92. The molecule has 38 heavy (non-hydrogen) atoms. The Hall–Kier alpha value is -3.48. The third-order valence-corrected chi connectivity index (χ3v) is 7.83. The number of carbonyl (C=O) groups is 1. The summed E-state index contributed by atoms with van der Waals surface area (Å²) in [5.41, 5.74) is 1.56. The molecule has 0 saturated carbocycles. The van der Waals surface area contributed by atoms with Gasteiger partial charge in [0.25, 0.3) is 15.9 Å². The number of benzene rings is 1. The van der Waals surface area contributed by atoms with Gasteiger partial charge in [0.1, 0.15) is 11.9 Å². The van der Waals surface area contributed by atoms with Crippen molar-refractivity contribution < 1.29 is 23.1 Å². The lowest BCUT2D eigenvalue weighted by Crippen LogP contribution is -2.49. The second-order valence-electron chi connectivity index (χ2n) is 9.87. The maximum Gasteiger partial charge on any atom is 0.280 e. The first-order valence-electron chi connectivity index (χ1n) is 12.4. The molecule has 1 aliphatic rings. The molecule has 0 radical (unpaired) electrons. The molecule has 0 spiro atoms. The Kier molecular flexibility index (Phi) is 8.34. The van der Waals surface area contributed by atoms with Crippen LogP contribution in [0.5, 0.6) is 5.75 Å². The number of nitrogens with one attached hydrogen (secondary N) is 1. The van der Waals surface area contributed by atoms with Gasteiger partial charge >= 0.3 is 0 Å². The lowest BCUT2D eigenvalue weighted by molar-refractivity contribution is 0.0341. The van der Waals surface area contributed by atoms with Crippen molar-refractivity contribution in [1.29, 1.82) is 0 Å². The van der Waals surface area contributed by atoms with Crippen LogP contribution in [0.1, 0.15) is 29.8 Å². The summed E-state index contributed by atoms with van der Waals surface area (Å²) in [6.07, 6.45) is 6.04. The van der Waals surface area contributed by atoms with Crippen molar-refractivity contribution in [2.24, 2.45) is 13.0 Å². The van der Waals surface area contributed by atoms with Gasteiger partial charge in [-0.25, -0.2) is 4.98 Å². The van der Waals surface area contributed by atoms with Crippen molar-refractivity contribution in [1.82, 2.24) is 24.3 Å². The SMILES string of the molecule is C[C@@H]1CN([C@H](C)CO)C(=O)c2cc(NS(=O)(=O)c3cn(C)cn3)ccc2O[C@H]1CN(C)Cc1ccncc1. The Morgan fingerprint density at radius 3 is 2.66 bits per heavy atom. The molecule has 2 N–H and O–H groups in total. The highest BCUT2D eigenvalue weighted by Gasteiger charge is 2.34. The zero-order chi connectivity index (χ0) is 27.4. The van der Waals surface area contributed by atoms with E-state index in [-0.39, 0.29) is 40.8 Å². The third kappa shape index (κ3) is 6.32. The fourth-order valence-electron chi connectivity index (χ4n) is 4.41. The van der Waals surface area contributed by atoms with Crippen molar-refractivity contribution in [3.05, 3.63) is 66.4 Å². The molecule has 0 unspecified atom stereocenters. The number of likely N-dealkylation sites (N-methyl/N-ethyl adjacent to an activating group) is 1. The summed E-state index contributed by atoms with van der Waals surface area (Å²) in [5, 5.41) is 9.74. The maximum atomic E-state index is 13.6. The molecule has 0 saturated heterocycles. The predicted octanol–water partition coefficient (Wildman–Crippen LogP) is 1.97. The van der Waals surface area contributed by atoms with E-state index in [1.165, 1.54) is 23.2 Å². The number of sulfonamides is 1. The predicted molar refractivity (Wildman–Crippen MR) is 142 cm³/mol.